The second-order valence-electron chi connectivity index (χ2n) is 6.64. The van der Waals surface area contributed by atoms with Crippen molar-refractivity contribution in [3.63, 3.8) is 0 Å². The average molecular weight is 555 g/mol. The third-order valence-electron chi connectivity index (χ3n) is 4.18. The van der Waals surface area contributed by atoms with Gasteiger partial charge in [-0.2, -0.15) is 35.9 Å². The van der Waals surface area contributed by atoms with E-state index in [2.05, 4.69) is 9.72 Å². The number of carbonyl (C=O) groups is 1. The van der Waals surface area contributed by atoms with Gasteiger partial charge in [0.2, 0.25) is 0 Å². The number of nitrogens with two attached hydrogens (primary N) is 1. The normalized spacial score (nSPS) is 11.7. The number of benzene rings is 2. The van der Waals surface area contributed by atoms with Crippen molar-refractivity contribution in [1.29, 1.82) is 0 Å². The Labute approximate surface area is 209 Å². The molecule has 6 nitrogen and oxygen atoms in total. The van der Waals surface area contributed by atoms with E-state index in [0.717, 1.165) is 31.4 Å². The fourth-order valence-corrected chi connectivity index (χ4v) is 3.69. The number of carbonyl (C=O) groups excluding carboxylic acids is 3. The second-order valence-corrected chi connectivity index (χ2v) is 8.10. The molecule has 0 aliphatic heterocycles. The largest absolute Gasteiger partial charge is 0.468 e. The summed E-state index contributed by atoms with van der Waals surface area (Å²) in [6.45, 7) is 1.72. The molecule has 0 aliphatic carbocycles. The number of esters is 1. The molecule has 0 spiro atoms. The number of methoxy groups -OCH3 is 1. The van der Waals surface area contributed by atoms with Crippen molar-refractivity contribution in [1.82, 2.24) is 4.98 Å². The molecule has 0 radical (unpaired) electrons. The van der Waals surface area contributed by atoms with Gasteiger partial charge in [-0.3, -0.25) is 4.79 Å². The summed E-state index contributed by atoms with van der Waals surface area (Å²) in [6, 6.07) is 9.42. The van der Waals surface area contributed by atoms with Gasteiger partial charge in [0.1, 0.15) is 0 Å². The highest BCUT2D eigenvalue weighted by atomic mass is 35.5. The topological polar surface area (TPSA) is 99.3 Å². The molecule has 1 atom stereocenters. The van der Waals surface area contributed by atoms with Gasteiger partial charge in [-0.25, -0.2) is 4.98 Å². The van der Waals surface area contributed by atoms with E-state index in [4.69, 9.17) is 26.9 Å². The van der Waals surface area contributed by atoms with Gasteiger partial charge < -0.3 is 10.5 Å². The molecule has 0 bridgehead atoms. The molecule has 2 aromatic carbocycles. The van der Waals surface area contributed by atoms with Crippen molar-refractivity contribution >= 4 is 40.2 Å². The Morgan fingerprint density at radius 2 is 1.53 bits per heavy atom. The maximum Gasteiger partial charge on any atom is 0.416 e. The quantitative estimate of drug-likeness (QED) is 0.232. The lowest BCUT2D eigenvalue weighted by atomic mass is 10.1. The number of nitrogens with zero attached hydrogens (tertiary/aromatic N) is 1. The minimum absolute atomic E-state index is 0.0586. The summed E-state index contributed by atoms with van der Waals surface area (Å²) in [6.07, 6.45) is -8.54. The first-order valence-corrected chi connectivity index (χ1v) is 10.7. The lowest BCUT2D eigenvalue weighted by molar-refractivity contribution is -0.191. The zero-order chi connectivity index (χ0) is 27.7. The molecule has 1 aromatic heterocycles. The fraction of sp³-hybridized carbons (Fsp3) is 0.227. The minimum atomic E-state index is -4.46. The van der Waals surface area contributed by atoms with Crippen LogP contribution >= 0.6 is 22.9 Å². The smallest absolute Gasteiger partial charge is 0.416 e. The van der Waals surface area contributed by atoms with E-state index in [0.29, 0.717) is 21.3 Å². The number of aromatic nitrogens is 1. The predicted molar refractivity (Wildman–Crippen MR) is 119 cm³/mol. The Morgan fingerprint density at radius 1 is 1.03 bits per heavy atom. The van der Waals surface area contributed by atoms with Crippen LogP contribution in [0.25, 0.3) is 10.4 Å². The Balaban J connectivity index is 0.000000325. The van der Waals surface area contributed by atoms with Crippen LogP contribution in [0, 0.1) is 6.92 Å². The van der Waals surface area contributed by atoms with Crippen LogP contribution in [0.3, 0.4) is 0 Å². The van der Waals surface area contributed by atoms with E-state index < -0.39 is 34.8 Å². The van der Waals surface area contributed by atoms with E-state index in [1.807, 2.05) is 0 Å². The Hall–Kier alpha value is -3.41. The molecule has 0 saturated carbocycles. The van der Waals surface area contributed by atoms with E-state index in [1.54, 1.807) is 13.0 Å². The molecular formula is C22H17ClF6N2O4S. The standard InChI is InChI=1S/C11H9F3N2S.C10H8ClF3O2.CO2/c1-6-9(17-10(15)16-6)7-3-2-4-8(5-7)11(12,13)14;1-16-9(15)8(11)6-3-2-4-7(5-6)10(12,13)14;2-1-3/h2-5H,1H3,(H2,15,16);2-5,8H,1H3;. The molecule has 3 rings (SSSR count). The number of alkyl halides is 7. The number of hydrogen-bond donors (Lipinski definition) is 1. The van der Waals surface area contributed by atoms with Gasteiger partial charge in [-0.1, -0.05) is 35.6 Å². The molecule has 36 heavy (non-hydrogen) atoms. The Bertz CT molecular complexity index is 1210. The highest BCUT2D eigenvalue weighted by Gasteiger charge is 2.32. The summed E-state index contributed by atoms with van der Waals surface area (Å²) in [7, 11) is 1.12. The van der Waals surface area contributed by atoms with E-state index in [9.17, 15) is 31.1 Å². The van der Waals surface area contributed by atoms with Crippen molar-refractivity contribution in [2.75, 3.05) is 12.8 Å². The van der Waals surface area contributed by atoms with E-state index >= 15 is 0 Å². The average Bonchev–Trinajstić information content (AvgIpc) is 3.16. The third kappa shape index (κ3) is 8.99. The SMILES string of the molecule is COC(=O)C(Cl)c1cccc(C(F)(F)F)c1.Cc1nc(N)sc1-c1cccc(C(F)(F)F)c1.O=C=O. The van der Waals surface area contributed by atoms with Crippen molar-refractivity contribution in [3.05, 3.63) is 70.9 Å². The van der Waals surface area contributed by atoms with Gasteiger partial charge >= 0.3 is 24.5 Å². The lowest BCUT2D eigenvalue weighted by Gasteiger charge is -2.11. The molecule has 14 heteroatoms. The van der Waals surface area contributed by atoms with Crippen LogP contribution in [-0.4, -0.2) is 24.2 Å². The number of nitrogen functional groups attached to an aromatic ring is 1. The summed E-state index contributed by atoms with van der Waals surface area (Å²) in [5.41, 5.74) is 5.21. The predicted octanol–water partition coefficient (Wildman–Crippen LogP) is 6.29. The molecule has 1 unspecified atom stereocenters. The van der Waals surface area contributed by atoms with E-state index in [-0.39, 0.29) is 11.7 Å². The maximum absolute atomic E-state index is 12.6. The van der Waals surface area contributed by atoms with Gasteiger partial charge in [0.05, 0.1) is 28.8 Å². The monoisotopic (exact) mass is 554 g/mol. The van der Waals surface area contributed by atoms with Crippen LogP contribution < -0.4 is 5.73 Å². The van der Waals surface area contributed by atoms with E-state index in [1.165, 1.54) is 29.5 Å². The van der Waals surface area contributed by atoms with Gasteiger partial charge in [0, 0.05) is 0 Å². The second kappa shape index (κ2) is 13.1. The zero-order valence-electron chi connectivity index (χ0n) is 18.4. The molecule has 0 aliphatic rings. The van der Waals surface area contributed by atoms with Crippen molar-refractivity contribution < 1.29 is 45.5 Å². The first-order valence-electron chi connectivity index (χ1n) is 9.44. The number of rotatable bonds is 3. The third-order valence-corrected chi connectivity index (χ3v) is 5.65. The fourth-order valence-electron chi connectivity index (χ4n) is 2.63. The number of halogens is 7. The maximum atomic E-state index is 12.6. The Kier molecular flexibility index (Phi) is 11.1. The molecule has 0 amide bonds. The highest BCUT2D eigenvalue weighted by Crippen LogP contribution is 2.36. The van der Waals surface area contributed by atoms with Gasteiger partial charge in [-0.15, -0.1) is 11.6 Å². The number of anilines is 1. The first kappa shape index (κ1) is 30.6. The highest BCUT2D eigenvalue weighted by molar-refractivity contribution is 7.18. The molecular weight excluding hydrogens is 538 g/mol. The number of ether oxygens (including phenoxy) is 1. The molecule has 0 fully saturated rings. The summed E-state index contributed by atoms with van der Waals surface area (Å²) in [5, 5.41) is -0.873. The molecule has 1 heterocycles. The van der Waals surface area contributed by atoms with Crippen LogP contribution in [-0.2, 0) is 31.5 Å². The van der Waals surface area contributed by atoms with Crippen LogP contribution in [0.2, 0.25) is 0 Å². The molecule has 194 valence electrons. The van der Waals surface area contributed by atoms with Gasteiger partial charge in [0.15, 0.2) is 10.5 Å². The molecule has 2 N–H and O–H groups in total. The van der Waals surface area contributed by atoms with Gasteiger partial charge in [-0.05, 0) is 42.3 Å². The summed E-state index contributed by atoms with van der Waals surface area (Å²) in [5.74, 6) is -0.791. The van der Waals surface area contributed by atoms with Crippen LogP contribution in [0.15, 0.2) is 48.5 Å². The molecule has 0 saturated heterocycles. The summed E-state index contributed by atoms with van der Waals surface area (Å²) >= 11 is 6.82. The minimum Gasteiger partial charge on any atom is -0.468 e. The zero-order valence-corrected chi connectivity index (χ0v) is 20.0. The van der Waals surface area contributed by atoms with Crippen molar-refractivity contribution in [3.8, 4) is 10.4 Å². The lowest BCUT2D eigenvalue weighted by Crippen LogP contribution is -2.11. The Morgan fingerprint density at radius 3 is 1.97 bits per heavy atom. The van der Waals surface area contributed by atoms with Crippen LogP contribution in [0.5, 0.6) is 0 Å². The number of hydrogen-bond acceptors (Lipinski definition) is 7. The number of thiazole rings is 1. The molecule has 3 aromatic rings. The van der Waals surface area contributed by atoms with Gasteiger partial charge in [0.25, 0.3) is 0 Å². The van der Waals surface area contributed by atoms with Crippen LogP contribution in [0.4, 0.5) is 31.5 Å². The first-order chi connectivity index (χ1) is 16.6. The summed E-state index contributed by atoms with van der Waals surface area (Å²) in [4.78, 5) is 32.0. The summed E-state index contributed by atoms with van der Waals surface area (Å²) < 4.78 is 79.1. The van der Waals surface area contributed by atoms with Crippen molar-refractivity contribution in [2.45, 2.75) is 24.7 Å². The number of aryl methyl sites for hydroxylation is 1. The van der Waals surface area contributed by atoms with Crippen molar-refractivity contribution in [2.24, 2.45) is 0 Å². The van der Waals surface area contributed by atoms with Crippen LogP contribution in [0.1, 0.15) is 27.8 Å².